The Bertz CT molecular complexity index is 1470. The molecular weight excluding hydrogens is 467 g/mol. The van der Waals surface area contributed by atoms with Crippen LogP contribution < -0.4 is 16.6 Å². The highest BCUT2D eigenvalue weighted by atomic mass is 35.5. The molecule has 0 spiro atoms. The van der Waals surface area contributed by atoms with Gasteiger partial charge in [-0.3, -0.25) is 9.36 Å². The molecule has 1 aliphatic rings. The van der Waals surface area contributed by atoms with E-state index < -0.39 is 17.4 Å². The second-order valence-corrected chi connectivity index (χ2v) is 8.52. The minimum Gasteiger partial charge on any atom is -0.396 e. The van der Waals surface area contributed by atoms with Crippen molar-refractivity contribution in [2.24, 2.45) is 5.92 Å². The fourth-order valence-corrected chi connectivity index (χ4v) is 4.24. The number of hydrogen-bond acceptors (Lipinski definition) is 10. The number of fused-ring (bicyclic) bond motifs is 1. The molecule has 3 aromatic heterocycles. The first-order valence-electron chi connectivity index (χ1n) is 10.5. The molecular formula is C21H20ClFN8O3. The van der Waals surface area contributed by atoms with E-state index in [1.807, 2.05) is 0 Å². The van der Waals surface area contributed by atoms with Crippen LogP contribution in [0.25, 0.3) is 22.4 Å². The number of aliphatic hydroxyl groups is 1. The number of nitrogens with zero attached hydrogens (tertiary/aromatic N) is 6. The second-order valence-electron chi connectivity index (χ2n) is 8.14. The van der Waals surface area contributed by atoms with Crippen LogP contribution >= 0.6 is 11.6 Å². The largest absolute Gasteiger partial charge is 0.396 e. The van der Waals surface area contributed by atoms with Gasteiger partial charge in [0.25, 0.3) is 11.4 Å². The third-order valence-corrected chi connectivity index (χ3v) is 6.17. The Morgan fingerprint density at radius 2 is 2.18 bits per heavy atom. The number of benzene rings is 1. The predicted molar refractivity (Wildman–Crippen MR) is 122 cm³/mol. The van der Waals surface area contributed by atoms with E-state index in [-0.39, 0.29) is 46.2 Å². The number of aliphatic hydroxyl groups excluding tert-OH is 1. The van der Waals surface area contributed by atoms with Gasteiger partial charge < -0.3 is 20.7 Å². The zero-order valence-electron chi connectivity index (χ0n) is 18.2. The van der Waals surface area contributed by atoms with Crippen molar-refractivity contribution in [1.29, 1.82) is 0 Å². The van der Waals surface area contributed by atoms with Crippen molar-refractivity contribution in [3.05, 3.63) is 51.3 Å². The van der Waals surface area contributed by atoms with Gasteiger partial charge in [0.05, 0.1) is 22.0 Å². The summed E-state index contributed by atoms with van der Waals surface area (Å²) < 4.78 is 20.8. The quantitative estimate of drug-likeness (QED) is 0.370. The number of nitrogen functional groups attached to an aromatic ring is 1. The molecule has 34 heavy (non-hydrogen) atoms. The molecule has 2 unspecified atom stereocenters. The number of rotatable bonds is 6. The summed E-state index contributed by atoms with van der Waals surface area (Å²) in [6.45, 7) is 3.37. The third-order valence-electron chi connectivity index (χ3n) is 5.80. The van der Waals surface area contributed by atoms with E-state index in [0.717, 1.165) is 6.07 Å². The van der Waals surface area contributed by atoms with Gasteiger partial charge in [-0.25, -0.2) is 19.3 Å². The number of aryl methyl sites for hydroxylation is 1. The van der Waals surface area contributed by atoms with E-state index in [9.17, 15) is 14.3 Å². The molecule has 4 N–H and O–H groups in total. The van der Waals surface area contributed by atoms with E-state index in [0.29, 0.717) is 29.5 Å². The molecule has 0 amide bonds. The maximum Gasteiger partial charge on any atom is 0.265 e. The van der Waals surface area contributed by atoms with E-state index in [2.05, 4.69) is 30.4 Å². The van der Waals surface area contributed by atoms with Crippen LogP contribution in [0.15, 0.2) is 27.8 Å². The van der Waals surface area contributed by atoms with Gasteiger partial charge >= 0.3 is 0 Å². The Morgan fingerprint density at radius 1 is 1.38 bits per heavy atom. The monoisotopic (exact) mass is 486 g/mol. The van der Waals surface area contributed by atoms with E-state index in [1.54, 1.807) is 13.8 Å². The fraction of sp³-hybridized carbons (Fsp3) is 0.333. The van der Waals surface area contributed by atoms with Crippen LogP contribution in [0, 0.1) is 18.7 Å². The highest BCUT2D eigenvalue weighted by Gasteiger charge is 2.41. The smallest absolute Gasteiger partial charge is 0.265 e. The second kappa shape index (κ2) is 8.29. The van der Waals surface area contributed by atoms with Crippen LogP contribution in [-0.4, -0.2) is 41.4 Å². The van der Waals surface area contributed by atoms with Crippen LogP contribution in [0.4, 0.5) is 16.0 Å². The maximum atomic E-state index is 14.1. The lowest BCUT2D eigenvalue weighted by molar-refractivity contribution is 0.267. The predicted octanol–water partition coefficient (Wildman–Crippen LogP) is 2.65. The summed E-state index contributed by atoms with van der Waals surface area (Å²) in [6, 6.07) is 1.71. The van der Waals surface area contributed by atoms with Crippen LogP contribution in [0.2, 0.25) is 5.02 Å². The number of aromatic nitrogens is 6. The maximum absolute atomic E-state index is 14.1. The molecule has 3 heterocycles. The number of halogens is 2. The Kier molecular flexibility index (Phi) is 5.41. The summed E-state index contributed by atoms with van der Waals surface area (Å²) in [5, 5.41) is 16.3. The fourth-order valence-electron chi connectivity index (χ4n) is 4.00. The molecule has 11 nitrogen and oxygen atoms in total. The van der Waals surface area contributed by atoms with Gasteiger partial charge in [-0.1, -0.05) is 16.8 Å². The Labute approximate surface area is 196 Å². The summed E-state index contributed by atoms with van der Waals surface area (Å²) in [7, 11) is 0. The molecule has 1 aromatic carbocycles. The average Bonchev–Trinajstić information content (AvgIpc) is 3.46. The molecule has 1 saturated carbocycles. The molecule has 0 saturated heterocycles. The van der Waals surface area contributed by atoms with Gasteiger partial charge in [0.1, 0.15) is 35.2 Å². The van der Waals surface area contributed by atoms with Crippen molar-refractivity contribution in [3.8, 4) is 11.5 Å². The van der Waals surface area contributed by atoms with Crippen molar-refractivity contribution in [3.63, 3.8) is 0 Å². The van der Waals surface area contributed by atoms with Gasteiger partial charge in [-0.15, -0.1) is 0 Å². The van der Waals surface area contributed by atoms with E-state index in [1.165, 1.54) is 17.0 Å². The van der Waals surface area contributed by atoms with Crippen molar-refractivity contribution in [2.75, 3.05) is 17.7 Å². The van der Waals surface area contributed by atoms with Crippen LogP contribution in [0.5, 0.6) is 0 Å². The van der Waals surface area contributed by atoms with E-state index in [4.69, 9.17) is 21.9 Å². The molecule has 0 radical (unpaired) electrons. The third kappa shape index (κ3) is 3.64. The molecule has 0 bridgehead atoms. The molecule has 5 rings (SSSR count). The van der Waals surface area contributed by atoms with Crippen molar-refractivity contribution < 1.29 is 14.0 Å². The standard InChI is InChI=1S/C21H20ClFN8O3/c1-8(27-18-15(17(24)25-7-26-18)20-28-9(2)30-34-20)19-29-12-4-3-11(23)16(22)14(12)21(33)31(19)13-5-10(13)6-32/h3-4,7-8,10,13,32H,5-6H2,1-2H3,(H3,24,25,26,27)/t8-,10?,13?/m0/s1. The van der Waals surface area contributed by atoms with E-state index >= 15 is 0 Å². The molecule has 0 aliphatic heterocycles. The summed E-state index contributed by atoms with van der Waals surface area (Å²) in [4.78, 5) is 30.6. The first-order valence-corrected chi connectivity index (χ1v) is 10.9. The lowest BCUT2D eigenvalue weighted by atomic mass is 10.2. The summed E-state index contributed by atoms with van der Waals surface area (Å²) in [5.74, 6) is 0.532. The summed E-state index contributed by atoms with van der Waals surface area (Å²) in [5.41, 5.74) is 6.16. The number of hydrogen-bond donors (Lipinski definition) is 3. The minimum atomic E-state index is -0.705. The molecule has 1 aliphatic carbocycles. The van der Waals surface area contributed by atoms with Crippen molar-refractivity contribution >= 4 is 34.1 Å². The lowest BCUT2D eigenvalue weighted by Gasteiger charge is -2.21. The summed E-state index contributed by atoms with van der Waals surface area (Å²) in [6.07, 6.45) is 1.87. The Hall–Kier alpha value is -3.64. The van der Waals surface area contributed by atoms with Gasteiger partial charge in [0, 0.05) is 18.6 Å². The molecule has 1 fully saturated rings. The van der Waals surface area contributed by atoms with Crippen LogP contribution in [-0.2, 0) is 0 Å². The van der Waals surface area contributed by atoms with Crippen LogP contribution in [0.1, 0.15) is 37.1 Å². The highest BCUT2D eigenvalue weighted by Crippen LogP contribution is 2.44. The van der Waals surface area contributed by atoms with Gasteiger partial charge in [-0.2, -0.15) is 4.98 Å². The molecule has 3 atom stereocenters. The molecule has 176 valence electrons. The SMILES string of the molecule is Cc1noc(-c2c(N)ncnc2N[C@@H](C)c2nc3ccc(F)c(Cl)c3c(=O)n2C2CC2CO)n1. The molecule has 13 heteroatoms. The average molecular weight is 487 g/mol. The first kappa shape index (κ1) is 22.2. The normalized spacial score (nSPS) is 18.3. The highest BCUT2D eigenvalue weighted by molar-refractivity contribution is 6.35. The summed E-state index contributed by atoms with van der Waals surface area (Å²) >= 11 is 6.12. The number of anilines is 2. The van der Waals surface area contributed by atoms with Crippen LogP contribution in [0.3, 0.4) is 0 Å². The van der Waals surface area contributed by atoms with Gasteiger partial charge in [-0.05, 0) is 32.4 Å². The topological polar surface area (TPSA) is 158 Å². The minimum absolute atomic E-state index is 0.00508. The number of nitrogens with one attached hydrogen (secondary N) is 1. The lowest BCUT2D eigenvalue weighted by Crippen LogP contribution is -2.29. The van der Waals surface area contributed by atoms with Gasteiger partial charge in [0.15, 0.2) is 5.82 Å². The first-order chi connectivity index (χ1) is 16.3. The Balaban J connectivity index is 1.63. The van der Waals surface area contributed by atoms with Crippen molar-refractivity contribution in [2.45, 2.75) is 32.4 Å². The van der Waals surface area contributed by atoms with Crippen molar-refractivity contribution in [1.82, 2.24) is 29.7 Å². The zero-order chi connectivity index (χ0) is 24.1. The van der Waals surface area contributed by atoms with Gasteiger partial charge in [0.2, 0.25) is 0 Å². The zero-order valence-corrected chi connectivity index (χ0v) is 18.9. The Morgan fingerprint density at radius 3 is 2.85 bits per heavy atom. The molecule has 4 aromatic rings. The number of nitrogens with two attached hydrogens (primary N) is 1.